The lowest BCUT2D eigenvalue weighted by molar-refractivity contribution is 0.628. The number of nitrogens with two attached hydrogens (primary N) is 2. The van der Waals surface area contributed by atoms with E-state index in [1.165, 1.54) is 12.1 Å². The van der Waals surface area contributed by atoms with Gasteiger partial charge in [0.25, 0.3) is 0 Å². The van der Waals surface area contributed by atoms with Gasteiger partial charge in [0.1, 0.15) is 5.82 Å². The minimum atomic E-state index is -0.241. The van der Waals surface area contributed by atoms with Crippen molar-refractivity contribution < 1.29 is 4.39 Å². The van der Waals surface area contributed by atoms with Crippen molar-refractivity contribution in [1.82, 2.24) is 0 Å². The number of hydrogen-bond acceptors (Lipinski definition) is 2. The van der Waals surface area contributed by atoms with Crippen molar-refractivity contribution in [2.24, 2.45) is 11.5 Å². The lowest BCUT2D eigenvalue weighted by atomic mass is 9.95. The Kier molecular flexibility index (Phi) is 3.52. The van der Waals surface area contributed by atoms with Crippen molar-refractivity contribution in [3.63, 3.8) is 0 Å². The largest absolute Gasteiger partial charge is 0.329 e. The minimum Gasteiger partial charge on any atom is -0.329 e. The van der Waals surface area contributed by atoms with Gasteiger partial charge < -0.3 is 11.5 Å². The molecular formula is C14H15FN2. The quantitative estimate of drug-likeness (QED) is 0.851. The average molecular weight is 230 g/mol. The summed E-state index contributed by atoms with van der Waals surface area (Å²) in [6.45, 7) is 0.387. The molecule has 0 saturated carbocycles. The van der Waals surface area contributed by atoms with Crippen molar-refractivity contribution in [1.29, 1.82) is 0 Å². The summed E-state index contributed by atoms with van der Waals surface area (Å²) >= 11 is 0. The summed E-state index contributed by atoms with van der Waals surface area (Å²) in [7, 11) is 0. The molecule has 2 nitrogen and oxygen atoms in total. The Morgan fingerprint density at radius 1 is 1.00 bits per heavy atom. The van der Waals surface area contributed by atoms with Gasteiger partial charge in [-0.2, -0.15) is 0 Å². The van der Waals surface area contributed by atoms with E-state index < -0.39 is 0 Å². The van der Waals surface area contributed by atoms with Crippen LogP contribution in [0.3, 0.4) is 0 Å². The first-order valence-corrected chi connectivity index (χ1v) is 5.53. The summed E-state index contributed by atoms with van der Waals surface area (Å²) in [5.41, 5.74) is 14.5. The fourth-order valence-corrected chi connectivity index (χ4v) is 1.84. The molecule has 3 heteroatoms. The molecular weight excluding hydrogens is 215 g/mol. The van der Waals surface area contributed by atoms with Gasteiger partial charge in [-0.1, -0.05) is 36.4 Å². The summed E-state index contributed by atoms with van der Waals surface area (Å²) in [5, 5.41) is 0. The van der Waals surface area contributed by atoms with Crippen LogP contribution in [-0.2, 0) is 0 Å². The van der Waals surface area contributed by atoms with Crippen LogP contribution in [0.4, 0.5) is 4.39 Å². The lowest BCUT2D eigenvalue weighted by Crippen LogP contribution is -2.21. The summed E-state index contributed by atoms with van der Waals surface area (Å²) in [6, 6.07) is 14.0. The van der Waals surface area contributed by atoms with Crippen LogP contribution in [0.2, 0.25) is 0 Å². The van der Waals surface area contributed by atoms with Gasteiger partial charge in [0.2, 0.25) is 0 Å². The second-order valence-electron chi connectivity index (χ2n) is 3.94. The van der Waals surface area contributed by atoms with Crippen LogP contribution in [0.5, 0.6) is 0 Å². The molecule has 0 bridgehead atoms. The molecule has 0 saturated heterocycles. The van der Waals surface area contributed by atoms with E-state index in [-0.39, 0.29) is 11.9 Å². The highest BCUT2D eigenvalue weighted by Gasteiger charge is 2.10. The highest BCUT2D eigenvalue weighted by molar-refractivity contribution is 5.67. The van der Waals surface area contributed by atoms with E-state index >= 15 is 0 Å². The van der Waals surface area contributed by atoms with E-state index in [2.05, 4.69) is 0 Å². The van der Waals surface area contributed by atoms with Crippen LogP contribution in [0.15, 0.2) is 48.5 Å². The molecule has 1 atom stereocenters. The van der Waals surface area contributed by atoms with E-state index in [1.807, 2.05) is 24.3 Å². The molecule has 0 heterocycles. The zero-order chi connectivity index (χ0) is 12.3. The minimum absolute atomic E-state index is 0.198. The first-order chi connectivity index (χ1) is 8.22. The van der Waals surface area contributed by atoms with Crippen molar-refractivity contribution in [3.05, 3.63) is 59.9 Å². The molecule has 0 fully saturated rings. The topological polar surface area (TPSA) is 52.0 Å². The van der Waals surface area contributed by atoms with E-state index in [0.29, 0.717) is 6.54 Å². The molecule has 0 radical (unpaired) electrons. The highest BCUT2D eigenvalue weighted by Crippen LogP contribution is 2.26. The maximum absolute atomic E-state index is 12.9. The van der Waals surface area contributed by atoms with Gasteiger partial charge in [0.15, 0.2) is 0 Å². The van der Waals surface area contributed by atoms with Gasteiger partial charge in [-0.25, -0.2) is 4.39 Å². The van der Waals surface area contributed by atoms with Gasteiger partial charge in [-0.05, 0) is 28.8 Å². The maximum Gasteiger partial charge on any atom is 0.123 e. The Balaban J connectivity index is 2.48. The van der Waals surface area contributed by atoms with Crippen molar-refractivity contribution >= 4 is 0 Å². The Morgan fingerprint density at radius 2 is 1.65 bits per heavy atom. The molecule has 2 aromatic rings. The second kappa shape index (κ2) is 5.08. The number of benzene rings is 2. The zero-order valence-electron chi connectivity index (χ0n) is 9.44. The third kappa shape index (κ3) is 2.52. The molecule has 4 N–H and O–H groups in total. The highest BCUT2D eigenvalue weighted by atomic mass is 19.1. The van der Waals surface area contributed by atoms with Gasteiger partial charge in [0.05, 0.1) is 0 Å². The normalized spacial score (nSPS) is 12.4. The van der Waals surface area contributed by atoms with Crippen LogP contribution in [0, 0.1) is 5.82 Å². The standard InChI is InChI=1S/C14H15FN2/c15-11-7-5-10(6-8-11)12-3-1-2-4-13(12)14(17)9-16/h1-8,14H,9,16-17H2/t14-/m0/s1. The molecule has 0 aliphatic heterocycles. The summed E-state index contributed by atoms with van der Waals surface area (Å²) in [6.07, 6.45) is 0. The molecule has 0 aliphatic carbocycles. The Hall–Kier alpha value is -1.71. The average Bonchev–Trinajstić information content (AvgIpc) is 2.39. The third-order valence-electron chi connectivity index (χ3n) is 2.77. The first kappa shape index (κ1) is 11.8. The SMILES string of the molecule is NC[C@H](N)c1ccccc1-c1ccc(F)cc1. The fourth-order valence-electron chi connectivity index (χ4n) is 1.84. The molecule has 0 unspecified atom stereocenters. The monoisotopic (exact) mass is 230 g/mol. The second-order valence-corrected chi connectivity index (χ2v) is 3.94. The number of hydrogen-bond donors (Lipinski definition) is 2. The Morgan fingerprint density at radius 3 is 2.29 bits per heavy atom. The predicted molar refractivity (Wildman–Crippen MR) is 67.8 cm³/mol. The van der Waals surface area contributed by atoms with Crippen molar-refractivity contribution in [2.45, 2.75) is 6.04 Å². The lowest BCUT2D eigenvalue weighted by Gasteiger charge is -2.14. The van der Waals surface area contributed by atoms with Gasteiger partial charge in [-0.3, -0.25) is 0 Å². The smallest absolute Gasteiger partial charge is 0.123 e. The van der Waals surface area contributed by atoms with Gasteiger partial charge >= 0.3 is 0 Å². The molecule has 2 aromatic carbocycles. The van der Waals surface area contributed by atoms with E-state index in [9.17, 15) is 4.39 Å². The molecule has 0 amide bonds. The molecule has 88 valence electrons. The first-order valence-electron chi connectivity index (χ1n) is 5.53. The fraction of sp³-hybridized carbons (Fsp3) is 0.143. The molecule has 0 spiro atoms. The summed E-state index contributed by atoms with van der Waals surface area (Å²) in [4.78, 5) is 0. The summed E-state index contributed by atoms with van der Waals surface area (Å²) in [5.74, 6) is -0.241. The predicted octanol–water partition coefficient (Wildman–Crippen LogP) is 2.45. The molecule has 17 heavy (non-hydrogen) atoms. The summed E-state index contributed by atoms with van der Waals surface area (Å²) < 4.78 is 12.9. The van der Waals surface area contributed by atoms with Crippen molar-refractivity contribution in [2.75, 3.05) is 6.54 Å². The van der Waals surface area contributed by atoms with E-state index in [0.717, 1.165) is 16.7 Å². The number of halogens is 1. The number of rotatable bonds is 3. The molecule has 2 rings (SSSR count). The van der Waals surface area contributed by atoms with Crippen LogP contribution < -0.4 is 11.5 Å². The zero-order valence-corrected chi connectivity index (χ0v) is 9.44. The van der Waals surface area contributed by atoms with Gasteiger partial charge in [0, 0.05) is 12.6 Å². The van der Waals surface area contributed by atoms with Crippen LogP contribution >= 0.6 is 0 Å². The maximum atomic E-state index is 12.9. The van der Waals surface area contributed by atoms with Crippen molar-refractivity contribution in [3.8, 4) is 11.1 Å². The molecule has 0 aromatic heterocycles. The Bertz CT molecular complexity index is 494. The molecule has 0 aliphatic rings. The van der Waals surface area contributed by atoms with E-state index in [4.69, 9.17) is 11.5 Å². The van der Waals surface area contributed by atoms with Crippen LogP contribution in [-0.4, -0.2) is 6.54 Å². The van der Waals surface area contributed by atoms with Crippen LogP contribution in [0.25, 0.3) is 11.1 Å². The van der Waals surface area contributed by atoms with E-state index in [1.54, 1.807) is 12.1 Å². The third-order valence-corrected chi connectivity index (χ3v) is 2.77. The van der Waals surface area contributed by atoms with Crippen LogP contribution in [0.1, 0.15) is 11.6 Å². The Labute approximate surface area is 100 Å². The van der Waals surface area contributed by atoms with Gasteiger partial charge in [-0.15, -0.1) is 0 Å².